The predicted octanol–water partition coefficient (Wildman–Crippen LogP) is 3.63. The predicted molar refractivity (Wildman–Crippen MR) is 124 cm³/mol. The van der Waals surface area contributed by atoms with Crippen molar-refractivity contribution in [3.8, 4) is 0 Å². The number of anilines is 1. The van der Waals surface area contributed by atoms with E-state index in [1.165, 1.54) is 5.56 Å². The van der Waals surface area contributed by atoms with E-state index < -0.39 is 24.3 Å². The van der Waals surface area contributed by atoms with Gasteiger partial charge in [0, 0.05) is 32.4 Å². The summed E-state index contributed by atoms with van der Waals surface area (Å²) in [5.74, 6) is -4.90. The molecule has 0 amide bonds. The topological polar surface area (TPSA) is 147 Å². The van der Waals surface area contributed by atoms with Gasteiger partial charge in [-0.3, -0.25) is 4.68 Å². The van der Waals surface area contributed by atoms with Crippen LogP contribution < -0.4 is 10.2 Å². The molecule has 2 aromatic heterocycles. The summed E-state index contributed by atoms with van der Waals surface area (Å²) in [4.78, 5) is 24.7. The third-order valence-electron chi connectivity index (χ3n) is 5.29. The van der Waals surface area contributed by atoms with Crippen LogP contribution >= 0.6 is 0 Å². The van der Waals surface area contributed by atoms with Gasteiger partial charge in [-0.05, 0) is 50.4 Å². The second kappa shape index (κ2) is 13.3. The molecule has 39 heavy (non-hydrogen) atoms. The van der Waals surface area contributed by atoms with E-state index in [0.29, 0.717) is 5.92 Å². The van der Waals surface area contributed by atoms with Gasteiger partial charge in [-0.2, -0.15) is 31.3 Å². The number of oxazole rings is 1. The maximum absolute atomic E-state index is 10.6. The molecule has 0 spiro atoms. The van der Waals surface area contributed by atoms with Crippen LogP contribution in [0.5, 0.6) is 0 Å². The number of alkyl halides is 6. The number of aliphatic carboxylic acids is 2. The van der Waals surface area contributed by atoms with E-state index in [-0.39, 0.29) is 0 Å². The van der Waals surface area contributed by atoms with Crippen molar-refractivity contribution in [1.82, 2.24) is 25.3 Å². The van der Waals surface area contributed by atoms with Gasteiger partial charge in [0.05, 0.1) is 5.69 Å². The van der Waals surface area contributed by atoms with Crippen molar-refractivity contribution in [2.45, 2.75) is 45.2 Å². The molecule has 4 rings (SSSR count). The summed E-state index contributed by atoms with van der Waals surface area (Å²) in [5.41, 5.74) is 4.00. The second-order valence-electron chi connectivity index (χ2n) is 8.47. The standard InChI is InChI=1S/C18H24N6O.2C2HF3O2/c1-13-3-4-17-16(9-13)20-18(25-17)23-7-5-14(6-8-23)11-24-12-15(10-19-2)21-22-24;2*3-2(4,5)1(6)7/h3-4,9,12,14,19H,5-8,10-11H2,1-2H3;2*(H,6,7). The lowest BCUT2D eigenvalue weighted by molar-refractivity contribution is -0.193. The van der Waals surface area contributed by atoms with Crippen LogP contribution in [0.15, 0.2) is 28.8 Å². The molecule has 3 aromatic rings. The van der Waals surface area contributed by atoms with Crippen LogP contribution in [-0.4, -0.2) is 74.6 Å². The van der Waals surface area contributed by atoms with Crippen LogP contribution in [-0.2, 0) is 22.7 Å². The van der Waals surface area contributed by atoms with E-state index in [9.17, 15) is 26.3 Å². The maximum atomic E-state index is 10.6. The minimum Gasteiger partial charge on any atom is -0.475 e. The highest BCUT2D eigenvalue weighted by molar-refractivity contribution is 5.75. The molecule has 0 bridgehead atoms. The van der Waals surface area contributed by atoms with E-state index >= 15 is 0 Å². The summed E-state index contributed by atoms with van der Waals surface area (Å²) in [6.45, 7) is 5.70. The van der Waals surface area contributed by atoms with Gasteiger partial charge in [0.25, 0.3) is 6.01 Å². The molecule has 1 saturated heterocycles. The monoisotopic (exact) mass is 568 g/mol. The van der Waals surface area contributed by atoms with Crippen molar-refractivity contribution < 1.29 is 50.6 Å². The molecular weight excluding hydrogens is 542 g/mol. The zero-order chi connectivity index (χ0) is 29.4. The Labute approximate surface area is 217 Å². The van der Waals surface area contributed by atoms with Crippen LogP contribution in [0.3, 0.4) is 0 Å². The molecule has 17 heteroatoms. The Kier molecular flexibility index (Phi) is 10.6. The van der Waals surface area contributed by atoms with Crippen molar-refractivity contribution in [2.75, 3.05) is 25.0 Å². The molecule has 0 saturated carbocycles. The van der Waals surface area contributed by atoms with Gasteiger partial charge < -0.3 is 24.8 Å². The second-order valence-corrected chi connectivity index (χ2v) is 8.47. The number of hydrogen-bond acceptors (Lipinski definition) is 8. The zero-order valence-electron chi connectivity index (χ0n) is 20.8. The molecule has 3 heterocycles. The number of carboxylic acid groups (broad SMARTS) is 2. The molecule has 3 N–H and O–H groups in total. The highest BCUT2D eigenvalue weighted by Gasteiger charge is 2.38. The van der Waals surface area contributed by atoms with Crippen molar-refractivity contribution in [3.05, 3.63) is 35.7 Å². The fraction of sp³-hybridized carbons (Fsp3) is 0.500. The summed E-state index contributed by atoms with van der Waals surface area (Å²) in [5, 5.41) is 25.8. The minimum atomic E-state index is -5.08. The number of hydrogen-bond donors (Lipinski definition) is 3. The molecule has 216 valence electrons. The molecule has 0 unspecified atom stereocenters. The lowest BCUT2D eigenvalue weighted by Gasteiger charge is -2.30. The Balaban J connectivity index is 0.000000317. The van der Waals surface area contributed by atoms with Crippen LogP contribution in [0.1, 0.15) is 24.1 Å². The number of carbonyl (C=O) groups is 2. The molecule has 0 radical (unpaired) electrons. The van der Waals surface area contributed by atoms with Crippen molar-refractivity contribution in [1.29, 1.82) is 0 Å². The fourth-order valence-corrected chi connectivity index (χ4v) is 3.42. The Bertz CT molecular complexity index is 1210. The number of nitrogens with one attached hydrogen (secondary N) is 1. The van der Waals surface area contributed by atoms with Crippen LogP contribution in [0.2, 0.25) is 0 Å². The highest BCUT2D eigenvalue weighted by atomic mass is 19.4. The quantitative estimate of drug-likeness (QED) is 0.390. The molecule has 11 nitrogen and oxygen atoms in total. The average molecular weight is 568 g/mol. The SMILES string of the molecule is CNCc1cn(CC2CCN(c3nc4cc(C)ccc4o3)CC2)nn1.O=C(O)C(F)(F)F.O=C(O)C(F)(F)F. The third kappa shape index (κ3) is 10.1. The number of piperidine rings is 1. The number of carboxylic acids is 2. The fourth-order valence-electron chi connectivity index (χ4n) is 3.42. The van der Waals surface area contributed by atoms with E-state index in [2.05, 4.69) is 44.6 Å². The molecular formula is C22H26F6N6O5. The van der Waals surface area contributed by atoms with Gasteiger partial charge in [0.2, 0.25) is 0 Å². The number of halogens is 6. The highest BCUT2D eigenvalue weighted by Crippen LogP contribution is 2.27. The van der Waals surface area contributed by atoms with Gasteiger partial charge in [0.15, 0.2) is 5.58 Å². The van der Waals surface area contributed by atoms with Gasteiger partial charge in [-0.15, -0.1) is 5.10 Å². The molecule has 0 aliphatic carbocycles. The molecule has 1 aliphatic rings. The van der Waals surface area contributed by atoms with E-state index in [1.54, 1.807) is 0 Å². The van der Waals surface area contributed by atoms with E-state index in [4.69, 9.17) is 24.2 Å². The van der Waals surface area contributed by atoms with E-state index in [0.717, 1.165) is 61.8 Å². The van der Waals surface area contributed by atoms with Gasteiger partial charge in [0.1, 0.15) is 5.52 Å². The summed E-state index contributed by atoms with van der Waals surface area (Å²) in [6.07, 6.45) is -5.91. The van der Waals surface area contributed by atoms with Crippen LogP contribution in [0.25, 0.3) is 11.1 Å². The number of fused-ring (bicyclic) bond motifs is 1. The number of aromatic nitrogens is 4. The number of nitrogens with zero attached hydrogens (tertiary/aromatic N) is 5. The smallest absolute Gasteiger partial charge is 0.475 e. The number of benzene rings is 1. The van der Waals surface area contributed by atoms with Gasteiger partial charge in [-0.25, -0.2) is 9.59 Å². The third-order valence-corrected chi connectivity index (χ3v) is 5.29. The molecule has 1 fully saturated rings. The Morgan fingerprint density at radius 2 is 1.64 bits per heavy atom. The number of rotatable bonds is 5. The summed E-state index contributed by atoms with van der Waals surface area (Å²) < 4.78 is 71.4. The van der Waals surface area contributed by atoms with Crippen LogP contribution in [0, 0.1) is 12.8 Å². The molecule has 0 atom stereocenters. The van der Waals surface area contributed by atoms with E-state index in [1.807, 2.05) is 24.0 Å². The first-order valence-electron chi connectivity index (χ1n) is 11.4. The largest absolute Gasteiger partial charge is 0.490 e. The van der Waals surface area contributed by atoms with Gasteiger partial charge in [-0.1, -0.05) is 11.3 Å². The summed E-state index contributed by atoms with van der Waals surface area (Å²) >= 11 is 0. The lowest BCUT2D eigenvalue weighted by Crippen LogP contribution is -2.35. The van der Waals surface area contributed by atoms with Crippen molar-refractivity contribution in [3.63, 3.8) is 0 Å². The minimum absolute atomic E-state index is 0.618. The molecule has 1 aliphatic heterocycles. The first-order valence-corrected chi connectivity index (χ1v) is 11.4. The normalized spacial score (nSPS) is 14.3. The summed E-state index contributed by atoms with van der Waals surface area (Å²) in [6, 6.07) is 6.88. The first-order chi connectivity index (χ1) is 18.1. The lowest BCUT2D eigenvalue weighted by atomic mass is 9.97. The average Bonchev–Trinajstić information content (AvgIpc) is 3.46. The maximum Gasteiger partial charge on any atom is 0.490 e. The van der Waals surface area contributed by atoms with Crippen molar-refractivity contribution in [2.24, 2.45) is 5.92 Å². The first kappa shape index (κ1) is 31.3. The Hall–Kier alpha value is -3.89. The zero-order valence-corrected chi connectivity index (χ0v) is 20.8. The Morgan fingerprint density at radius 3 is 2.15 bits per heavy atom. The number of aryl methyl sites for hydroxylation is 1. The molecule has 1 aromatic carbocycles. The summed E-state index contributed by atoms with van der Waals surface area (Å²) in [7, 11) is 1.92. The Morgan fingerprint density at radius 1 is 1.08 bits per heavy atom. The van der Waals surface area contributed by atoms with Crippen molar-refractivity contribution >= 4 is 29.1 Å². The van der Waals surface area contributed by atoms with Crippen LogP contribution in [0.4, 0.5) is 32.4 Å². The van der Waals surface area contributed by atoms with Gasteiger partial charge >= 0.3 is 24.3 Å².